The van der Waals surface area contributed by atoms with Crippen LogP contribution in [0, 0.1) is 0 Å². The summed E-state index contributed by atoms with van der Waals surface area (Å²) in [5, 5.41) is 8.66. The Morgan fingerprint density at radius 1 is 0.630 bits per heavy atom. The number of aliphatic hydroxyl groups excluding tert-OH is 1. The Morgan fingerprint density at radius 3 is 1.22 bits per heavy atom. The Hall–Kier alpha value is -0.130. The van der Waals surface area contributed by atoms with Gasteiger partial charge >= 0.3 is 0 Å². The van der Waals surface area contributed by atoms with Crippen LogP contribution in [0.25, 0.3) is 0 Å². The maximum atomic E-state index is 11.0. The van der Waals surface area contributed by atoms with Gasteiger partial charge in [-0.3, -0.25) is 4.55 Å². The van der Waals surface area contributed by atoms with Crippen molar-refractivity contribution in [2.24, 2.45) is 0 Å². The number of rotatable bonds is 20. The maximum Gasteiger partial charge on any atom is 0.270 e. The van der Waals surface area contributed by atoms with Gasteiger partial charge in [-0.2, -0.15) is 8.42 Å². The van der Waals surface area contributed by atoms with E-state index in [4.69, 9.17) is 4.55 Å². The number of aliphatic hydroxyl groups is 1. The largest absolute Gasteiger partial charge is 0.392 e. The molecule has 0 aliphatic rings. The summed E-state index contributed by atoms with van der Waals surface area (Å²) >= 11 is 0. The minimum Gasteiger partial charge on any atom is -0.392 e. The number of hydrogen-bond donors (Lipinski definition) is 2. The average molecular weight is 407 g/mol. The molecule has 0 aromatic rings. The van der Waals surface area contributed by atoms with Crippen LogP contribution >= 0.6 is 0 Å². The molecule has 0 heterocycles. The molecule has 0 fully saturated rings. The topological polar surface area (TPSA) is 74.6 Å². The first-order valence-electron chi connectivity index (χ1n) is 11.5. The molecule has 27 heavy (non-hydrogen) atoms. The van der Waals surface area contributed by atoms with Gasteiger partial charge in [0.2, 0.25) is 0 Å². The van der Waals surface area contributed by atoms with E-state index in [0.29, 0.717) is 6.42 Å². The predicted molar refractivity (Wildman–Crippen MR) is 116 cm³/mol. The van der Waals surface area contributed by atoms with Crippen molar-refractivity contribution in [1.82, 2.24) is 0 Å². The van der Waals surface area contributed by atoms with Gasteiger partial charge in [0.15, 0.2) is 0 Å². The molecule has 4 nitrogen and oxygen atoms in total. The zero-order valence-electron chi connectivity index (χ0n) is 18.0. The Labute approximate surface area is 169 Å². The fraction of sp³-hybridized carbons (Fsp3) is 1.00. The van der Waals surface area contributed by atoms with E-state index < -0.39 is 21.5 Å². The van der Waals surface area contributed by atoms with Gasteiger partial charge in [0.05, 0.1) is 6.10 Å². The monoisotopic (exact) mass is 406 g/mol. The molecule has 0 aliphatic carbocycles. The van der Waals surface area contributed by atoms with E-state index in [1.54, 1.807) is 0 Å². The van der Waals surface area contributed by atoms with Crippen LogP contribution in [-0.4, -0.2) is 29.4 Å². The lowest BCUT2D eigenvalue weighted by molar-refractivity contribution is 0.155. The van der Waals surface area contributed by atoms with Gasteiger partial charge < -0.3 is 5.11 Å². The molecule has 2 atom stereocenters. The van der Waals surface area contributed by atoms with Crippen LogP contribution in [0.5, 0.6) is 0 Å². The van der Waals surface area contributed by atoms with Crippen molar-refractivity contribution >= 4 is 10.1 Å². The first-order valence-corrected chi connectivity index (χ1v) is 13.0. The third kappa shape index (κ3) is 17.7. The van der Waals surface area contributed by atoms with Gasteiger partial charge in [0.1, 0.15) is 5.25 Å². The van der Waals surface area contributed by atoms with Crippen LogP contribution in [0.1, 0.15) is 129 Å². The average Bonchev–Trinajstić information content (AvgIpc) is 2.62. The summed E-state index contributed by atoms with van der Waals surface area (Å²) in [6.07, 6.45) is 21.6. The van der Waals surface area contributed by atoms with E-state index in [2.05, 4.69) is 6.92 Å². The highest BCUT2D eigenvalue weighted by molar-refractivity contribution is 7.86. The van der Waals surface area contributed by atoms with Crippen molar-refractivity contribution in [3.8, 4) is 0 Å². The van der Waals surface area contributed by atoms with Crippen LogP contribution in [0.2, 0.25) is 0 Å². The molecule has 2 unspecified atom stereocenters. The fourth-order valence-electron chi connectivity index (χ4n) is 3.51. The lowest BCUT2D eigenvalue weighted by Gasteiger charge is -2.15. The molecule has 2 N–H and O–H groups in total. The van der Waals surface area contributed by atoms with Crippen LogP contribution < -0.4 is 0 Å². The molecule has 5 heteroatoms. The molecule has 0 bridgehead atoms. The van der Waals surface area contributed by atoms with Gasteiger partial charge in [0.25, 0.3) is 10.1 Å². The lowest BCUT2D eigenvalue weighted by Crippen LogP contribution is -2.30. The summed E-state index contributed by atoms with van der Waals surface area (Å²) in [6.45, 7) is 3.62. The van der Waals surface area contributed by atoms with Gasteiger partial charge in [0, 0.05) is 0 Å². The summed E-state index contributed by atoms with van der Waals surface area (Å²) in [5.41, 5.74) is 0. The summed E-state index contributed by atoms with van der Waals surface area (Å²) in [5.74, 6) is 0. The van der Waals surface area contributed by atoms with Gasteiger partial charge in [-0.15, -0.1) is 0 Å². The van der Waals surface area contributed by atoms with E-state index >= 15 is 0 Å². The van der Waals surface area contributed by atoms with Gasteiger partial charge in [-0.05, 0) is 13.3 Å². The quantitative estimate of drug-likeness (QED) is 0.175. The highest BCUT2D eigenvalue weighted by Gasteiger charge is 2.25. The number of hydrogen-bond acceptors (Lipinski definition) is 3. The van der Waals surface area contributed by atoms with Crippen molar-refractivity contribution in [2.75, 3.05) is 0 Å². The zero-order valence-corrected chi connectivity index (χ0v) is 18.8. The predicted octanol–water partition coefficient (Wildman–Crippen LogP) is 6.67. The Bertz CT molecular complexity index is 409. The molecule has 0 aliphatic heterocycles. The first kappa shape index (κ1) is 26.9. The van der Waals surface area contributed by atoms with E-state index in [1.807, 2.05) is 0 Å². The molecule has 0 aromatic carbocycles. The molecule has 0 radical (unpaired) electrons. The Kier molecular flexibility index (Phi) is 17.8. The van der Waals surface area contributed by atoms with E-state index in [1.165, 1.54) is 96.8 Å². The number of unbranched alkanes of at least 4 members (excludes halogenated alkanes) is 16. The molecule has 0 saturated heterocycles. The Morgan fingerprint density at radius 2 is 0.926 bits per heavy atom. The molecule has 0 rings (SSSR count). The fourth-order valence-corrected chi connectivity index (χ4v) is 4.04. The van der Waals surface area contributed by atoms with Crippen molar-refractivity contribution in [3.05, 3.63) is 0 Å². The summed E-state index contributed by atoms with van der Waals surface area (Å²) in [7, 11) is -4.13. The standard InChI is InChI=1S/C22H46O4S/c1-3-4-5-6-7-8-9-10-11-12-13-14-15-16-17-18-19-20-22(23)21(2)27(24,25)26/h21-23H,3-20H2,1-2H3,(H,24,25,26). The second-order valence-corrected chi connectivity index (χ2v) is 10.0. The summed E-state index contributed by atoms with van der Waals surface area (Å²) in [6, 6.07) is 0. The van der Waals surface area contributed by atoms with Gasteiger partial charge in [-0.25, -0.2) is 0 Å². The highest BCUT2D eigenvalue weighted by Crippen LogP contribution is 2.16. The molecule has 0 aromatic heterocycles. The maximum absolute atomic E-state index is 11.0. The zero-order chi connectivity index (χ0) is 20.4. The van der Waals surface area contributed by atoms with E-state index in [9.17, 15) is 13.5 Å². The molecule has 0 amide bonds. The Balaban J connectivity index is 3.23. The van der Waals surface area contributed by atoms with Crippen LogP contribution in [0.3, 0.4) is 0 Å². The second kappa shape index (κ2) is 17.9. The smallest absolute Gasteiger partial charge is 0.270 e. The van der Waals surface area contributed by atoms with Crippen molar-refractivity contribution in [3.63, 3.8) is 0 Å². The third-order valence-electron chi connectivity index (χ3n) is 5.62. The lowest BCUT2D eigenvalue weighted by atomic mass is 10.0. The van der Waals surface area contributed by atoms with Crippen molar-refractivity contribution in [2.45, 2.75) is 141 Å². The highest BCUT2D eigenvalue weighted by atomic mass is 32.2. The first-order chi connectivity index (χ1) is 12.9. The molecule has 164 valence electrons. The van der Waals surface area contributed by atoms with E-state index in [0.717, 1.165) is 19.3 Å². The molecule has 0 spiro atoms. The third-order valence-corrected chi connectivity index (χ3v) is 6.87. The van der Waals surface area contributed by atoms with Gasteiger partial charge in [-0.1, -0.05) is 116 Å². The minimum atomic E-state index is -4.13. The van der Waals surface area contributed by atoms with Crippen LogP contribution in [-0.2, 0) is 10.1 Å². The minimum absolute atomic E-state index is 0.444. The molecular formula is C22H46O4S. The normalized spacial score (nSPS) is 14.4. The summed E-state index contributed by atoms with van der Waals surface area (Å²) in [4.78, 5) is 0. The van der Waals surface area contributed by atoms with Crippen LogP contribution in [0.15, 0.2) is 0 Å². The van der Waals surface area contributed by atoms with Crippen LogP contribution in [0.4, 0.5) is 0 Å². The molecule has 0 saturated carbocycles. The SMILES string of the molecule is CCCCCCCCCCCCCCCCCCCC(O)C(C)S(=O)(=O)O. The van der Waals surface area contributed by atoms with Crippen molar-refractivity contribution in [1.29, 1.82) is 0 Å². The van der Waals surface area contributed by atoms with Crippen molar-refractivity contribution < 1.29 is 18.1 Å². The second-order valence-electron chi connectivity index (χ2n) is 8.23. The molecular weight excluding hydrogens is 360 g/mol. The summed E-state index contributed by atoms with van der Waals surface area (Å²) < 4.78 is 30.8. The van der Waals surface area contributed by atoms with E-state index in [-0.39, 0.29) is 0 Å².